The Kier molecular flexibility index (Phi) is 7.09. The Morgan fingerprint density at radius 2 is 1.97 bits per heavy atom. The van der Waals surface area contributed by atoms with E-state index in [-0.39, 0.29) is 24.2 Å². The van der Waals surface area contributed by atoms with E-state index in [9.17, 15) is 18.0 Å². The number of piperidine rings is 1. The molecule has 1 atom stereocenters. The van der Waals surface area contributed by atoms with E-state index in [0.29, 0.717) is 0 Å². The second kappa shape index (κ2) is 9.23. The molecule has 2 saturated heterocycles. The summed E-state index contributed by atoms with van der Waals surface area (Å²) in [4.78, 5) is 27.2. The van der Waals surface area contributed by atoms with Crippen LogP contribution in [0.3, 0.4) is 0 Å². The fraction of sp³-hybridized carbons (Fsp3) is 0.700. The van der Waals surface area contributed by atoms with Gasteiger partial charge in [0, 0.05) is 31.1 Å². The van der Waals surface area contributed by atoms with Crippen LogP contribution in [0.25, 0.3) is 0 Å². The van der Waals surface area contributed by atoms with E-state index in [1.807, 2.05) is 11.3 Å². The van der Waals surface area contributed by atoms with Crippen molar-refractivity contribution in [3.63, 3.8) is 0 Å². The fourth-order valence-corrected chi connectivity index (χ4v) is 4.77. The zero-order valence-electron chi connectivity index (χ0n) is 16.9. The van der Waals surface area contributed by atoms with Crippen LogP contribution in [-0.2, 0) is 20.9 Å². The number of carboxylic acid groups (broad SMARTS) is 1. The molecule has 4 rings (SSSR count). The molecule has 1 aromatic rings. The Morgan fingerprint density at radius 1 is 1.33 bits per heavy atom. The molecule has 1 N–H and O–H groups in total. The van der Waals surface area contributed by atoms with Gasteiger partial charge in [0.05, 0.1) is 11.6 Å². The zero-order valence-corrected chi connectivity index (χ0v) is 17.7. The molecule has 0 bridgehead atoms. The van der Waals surface area contributed by atoms with Crippen LogP contribution in [0.5, 0.6) is 0 Å². The highest BCUT2D eigenvalue weighted by Gasteiger charge is 2.48. The van der Waals surface area contributed by atoms with Crippen LogP contribution in [0.2, 0.25) is 0 Å². The van der Waals surface area contributed by atoms with Gasteiger partial charge in [-0.1, -0.05) is 6.07 Å². The Hall–Kier alpha value is -1.65. The highest BCUT2D eigenvalue weighted by Crippen LogP contribution is 2.38. The van der Waals surface area contributed by atoms with Gasteiger partial charge in [-0.15, -0.1) is 11.3 Å². The van der Waals surface area contributed by atoms with E-state index in [1.54, 1.807) is 0 Å². The normalized spacial score (nSPS) is 24.5. The number of amides is 1. The van der Waals surface area contributed by atoms with Crippen LogP contribution in [0.1, 0.15) is 37.5 Å². The summed E-state index contributed by atoms with van der Waals surface area (Å²) in [5.41, 5.74) is -0.116. The molecule has 1 saturated carbocycles. The second-order valence-corrected chi connectivity index (χ2v) is 9.21. The van der Waals surface area contributed by atoms with Crippen LogP contribution in [0, 0.1) is 5.92 Å². The first kappa shape index (κ1) is 23.0. The molecule has 1 aliphatic carbocycles. The summed E-state index contributed by atoms with van der Waals surface area (Å²) in [5, 5.41) is 9.27. The van der Waals surface area contributed by atoms with Gasteiger partial charge in [0.15, 0.2) is 0 Å². The molecule has 1 amide bonds. The third-order valence-corrected chi connectivity index (χ3v) is 6.95. The van der Waals surface area contributed by atoms with Crippen LogP contribution < -0.4 is 0 Å². The van der Waals surface area contributed by atoms with E-state index < -0.39 is 12.1 Å². The average Bonchev–Trinajstić information content (AvgIpc) is 3.37. The van der Waals surface area contributed by atoms with Gasteiger partial charge in [0.1, 0.15) is 6.61 Å². The summed E-state index contributed by atoms with van der Waals surface area (Å²) >= 11 is 1.83. The molecule has 1 unspecified atom stereocenters. The Bertz CT molecular complexity index is 729. The van der Waals surface area contributed by atoms with Crippen LogP contribution >= 0.6 is 11.3 Å². The zero-order chi connectivity index (χ0) is 21.9. The third kappa shape index (κ3) is 5.73. The van der Waals surface area contributed by atoms with Gasteiger partial charge in [0.2, 0.25) is 5.91 Å². The SMILES string of the molecule is CC1N(CC2CC2)C(=O)COC12CCN(Cc1cccs1)CC2.O=C(O)C(F)(F)F. The Balaban J connectivity index is 0.000000318. The lowest BCUT2D eigenvalue weighted by Crippen LogP contribution is -2.64. The van der Waals surface area contributed by atoms with Crippen molar-refractivity contribution in [2.45, 2.75) is 57.0 Å². The number of alkyl halides is 3. The van der Waals surface area contributed by atoms with E-state index in [2.05, 4.69) is 34.2 Å². The first-order valence-electron chi connectivity index (χ1n) is 10.1. The fourth-order valence-electron chi connectivity index (χ4n) is 4.02. The van der Waals surface area contributed by atoms with Gasteiger partial charge in [-0.25, -0.2) is 4.79 Å². The van der Waals surface area contributed by atoms with Crippen molar-refractivity contribution >= 4 is 23.2 Å². The summed E-state index contributed by atoms with van der Waals surface area (Å²) in [5.74, 6) is -1.82. The Morgan fingerprint density at radius 3 is 2.47 bits per heavy atom. The molecule has 0 aromatic carbocycles. The highest BCUT2D eigenvalue weighted by molar-refractivity contribution is 7.09. The van der Waals surface area contributed by atoms with Crippen molar-refractivity contribution in [2.24, 2.45) is 5.92 Å². The first-order valence-corrected chi connectivity index (χ1v) is 11.0. The predicted molar refractivity (Wildman–Crippen MR) is 105 cm³/mol. The number of carbonyl (C=O) groups excluding carboxylic acids is 1. The van der Waals surface area contributed by atoms with Gasteiger partial charge >= 0.3 is 12.1 Å². The van der Waals surface area contributed by atoms with Crippen molar-refractivity contribution in [3.8, 4) is 0 Å². The van der Waals surface area contributed by atoms with Gasteiger partial charge in [0.25, 0.3) is 0 Å². The number of morpholine rings is 1. The van der Waals surface area contributed by atoms with Crippen molar-refractivity contribution in [2.75, 3.05) is 26.2 Å². The van der Waals surface area contributed by atoms with Crippen LogP contribution in [0.15, 0.2) is 17.5 Å². The largest absolute Gasteiger partial charge is 0.490 e. The second-order valence-electron chi connectivity index (χ2n) is 8.18. The minimum Gasteiger partial charge on any atom is -0.475 e. The molecule has 2 aliphatic heterocycles. The molecule has 3 heterocycles. The monoisotopic (exact) mass is 448 g/mol. The number of thiophene rings is 1. The molecular weight excluding hydrogens is 421 g/mol. The lowest BCUT2D eigenvalue weighted by Gasteiger charge is -2.51. The first-order chi connectivity index (χ1) is 14.1. The maximum Gasteiger partial charge on any atom is 0.490 e. The minimum absolute atomic E-state index is 0.116. The molecule has 1 spiro atoms. The molecule has 0 radical (unpaired) electrons. The number of aliphatic carboxylic acids is 1. The number of likely N-dealkylation sites (tertiary alicyclic amines) is 1. The summed E-state index contributed by atoms with van der Waals surface area (Å²) in [6, 6.07) is 4.55. The molecule has 10 heteroatoms. The molecule has 3 fully saturated rings. The maximum absolute atomic E-state index is 12.3. The number of hydrogen-bond acceptors (Lipinski definition) is 5. The lowest BCUT2D eigenvalue weighted by atomic mass is 9.82. The highest BCUT2D eigenvalue weighted by atomic mass is 32.1. The molecular formula is C20H27F3N2O4S. The molecule has 168 valence electrons. The number of halogens is 3. The third-order valence-electron chi connectivity index (χ3n) is 6.09. The van der Waals surface area contributed by atoms with Crippen molar-refractivity contribution < 1.29 is 32.6 Å². The number of carboxylic acids is 1. The maximum atomic E-state index is 12.3. The summed E-state index contributed by atoms with van der Waals surface area (Å²) in [7, 11) is 0. The predicted octanol–water partition coefficient (Wildman–Crippen LogP) is 3.37. The lowest BCUT2D eigenvalue weighted by molar-refractivity contribution is -0.192. The van der Waals surface area contributed by atoms with E-state index in [1.165, 1.54) is 17.7 Å². The van der Waals surface area contributed by atoms with Gasteiger partial charge in [-0.2, -0.15) is 13.2 Å². The minimum atomic E-state index is -5.08. The quantitative estimate of drug-likeness (QED) is 0.765. The topological polar surface area (TPSA) is 70.1 Å². The smallest absolute Gasteiger partial charge is 0.475 e. The molecule has 3 aliphatic rings. The summed E-state index contributed by atoms with van der Waals surface area (Å²) in [6.45, 7) is 6.61. The summed E-state index contributed by atoms with van der Waals surface area (Å²) in [6.07, 6.45) is -0.431. The summed E-state index contributed by atoms with van der Waals surface area (Å²) < 4.78 is 37.9. The van der Waals surface area contributed by atoms with Crippen LogP contribution in [-0.4, -0.2) is 70.8 Å². The van der Waals surface area contributed by atoms with Crippen molar-refractivity contribution in [3.05, 3.63) is 22.4 Å². The number of ether oxygens (including phenoxy) is 1. The average molecular weight is 449 g/mol. The molecule has 1 aromatic heterocycles. The van der Waals surface area contributed by atoms with E-state index in [0.717, 1.165) is 44.9 Å². The van der Waals surface area contributed by atoms with Gasteiger partial charge < -0.3 is 14.7 Å². The van der Waals surface area contributed by atoms with Gasteiger partial charge in [-0.3, -0.25) is 9.69 Å². The van der Waals surface area contributed by atoms with Crippen molar-refractivity contribution in [1.82, 2.24) is 9.80 Å². The standard InChI is InChI=1S/C18H26N2O2S.C2HF3O2/c1-14-18(22-13-17(21)20(14)11-15-4-5-15)6-8-19(9-7-18)12-16-3-2-10-23-16;3-2(4,5)1(6)7/h2-3,10,14-15H,4-9,11-13H2,1H3;(H,6,7). The number of carbonyl (C=O) groups is 2. The Labute approximate surface area is 177 Å². The molecule has 6 nitrogen and oxygen atoms in total. The van der Waals surface area contributed by atoms with Crippen molar-refractivity contribution in [1.29, 1.82) is 0 Å². The van der Waals surface area contributed by atoms with Crippen LogP contribution in [0.4, 0.5) is 13.2 Å². The number of rotatable bonds is 4. The molecule has 30 heavy (non-hydrogen) atoms. The number of hydrogen-bond donors (Lipinski definition) is 1. The number of nitrogens with zero attached hydrogens (tertiary/aromatic N) is 2. The van der Waals surface area contributed by atoms with Gasteiger partial charge in [-0.05, 0) is 50.0 Å². The van der Waals surface area contributed by atoms with E-state index in [4.69, 9.17) is 14.6 Å². The van der Waals surface area contributed by atoms with E-state index >= 15 is 0 Å².